The van der Waals surface area contributed by atoms with Gasteiger partial charge in [0.2, 0.25) is 0 Å². The molecule has 1 aromatic heterocycles. The second-order valence-corrected chi connectivity index (χ2v) is 11.4. The van der Waals surface area contributed by atoms with Crippen molar-refractivity contribution in [3.05, 3.63) is 40.2 Å². The van der Waals surface area contributed by atoms with Gasteiger partial charge in [-0.1, -0.05) is 6.07 Å². The first-order chi connectivity index (χ1) is 16.2. The minimum atomic E-state index is -4.15. The molecule has 11 heteroatoms. The Labute approximate surface area is 231 Å². The summed E-state index contributed by atoms with van der Waals surface area (Å²) in [6.07, 6.45) is 8.95. The Kier molecular flexibility index (Phi) is 7.88. The zero-order valence-electron chi connectivity index (χ0n) is 22.2. The number of hydrogen-bond acceptors (Lipinski definition) is 5. The fourth-order valence-corrected chi connectivity index (χ4v) is 7.15. The molecule has 0 radical (unpaired) electrons. The molecule has 3 aliphatic rings. The molecule has 2 aromatic rings. The Morgan fingerprint density at radius 3 is 2.23 bits per heavy atom. The summed E-state index contributed by atoms with van der Waals surface area (Å²) in [5.74, 6) is 0. The van der Waals surface area contributed by atoms with Crippen LogP contribution in [0.5, 0.6) is 0 Å². The third-order valence-corrected chi connectivity index (χ3v) is 9.11. The zero-order valence-corrected chi connectivity index (χ0v) is 24.0. The third-order valence-electron chi connectivity index (χ3n) is 7.66. The van der Waals surface area contributed by atoms with Crippen LogP contribution in [0.15, 0.2) is 12.3 Å². The van der Waals surface area contributed by atoms with Crippen molar-refractivity contribution >= 4 is 27.6 Å². The minimum Gasteiger partial charge on any atom is -1.00 e. The number of carbonyl (C=O) groups excluding carboxylic acids is 1. The number of benzene rings is 1. The van der Waals surface area contributed by atoms with Crippen molar-refractivity contribution in [1.29, 1.82) is 0 Å². The van der Waals surface area contributed by atoms with Crippen LogP contribution in [-0.4, -0.2) is 55.3 Å². The summed E-state index contributed by atoms with van der Waals surface area (Å²) < 4.78 is 32.7. The van der Waals surface area contributed by atoms with Crippen molar-refractivity contribution in [2.24, 2.45) is 7.05 Å². The van der Waals surface area contributed by atoms with Crippen LogP contribution in [0.1, 0.15) is 55.1 Å². The van der Waals surface area contributed by atoms with Gasteiger partial charge in [0.1, 0.15) is 0 Å². The van der Waals surface area contributed by atoms with Crippen molar-refractivity contribution < 1.29 is 44.2 Å². The molecule has 0 bridgehead atoms. The summed E-state index contributed by atoms with van der Waals surface area (Å²) in [4.78, 5) is 15.3. The molecule has 35 heavy (non-hydrogen) atoms. The van der Waals surface area contributed by atoms with Gasteiger partial charge in [-0.05, 0) is 101 Å². The van der Waals surface area contributed by atoms with E-state index in [1.165, 1.54) is 26.6 Å². The molecule has 2 aliphatic carbocycles. The van der Waals surface area contributed by atoms with Gasteiger partial charge in [0.25, 0.3) is 0 Å². The van der Waals surface area contributed by atoms with Gasteiger partial charge in [0.15, 0.2) is 0 Å². The average molecular weight is 511 g/mol. The van der Waals surface area contributed by atoms with Crippen LogP contribution in [0, 0.1) is 6.92 Å². The van der Waals surface area contributed by atoms with E-state index in [4.69, 9.17) is 0 Å². The van der Waals surface area contributed by atoms with Gasteiger partial charge in [-0.2, -0.15) is 13.5 Å². The van der Waals surface area contributed by atoms with Gasteiger partial charge in [-0.25, -0.2) is 13.8 Å². The van der Waals surface area contributed by atoms with Gasteiger partial charge in [0.05, 0.1) is 17.6 Å². The smallest absolute Gasteiger partial charge is 1.00 e. The summed E-state index contributed by atoms with van der Waals surface area (Å²) >= 11 is 0. The molecule has 1 saturated heterocycles. The molecule has 0 spiro atoms. The molecule has 0 saturated carbocycles. The molecule has 0 atom stereocenters. The van der Waals surface area contributed by atoms with Crippen LogP contribution in [0.4, 0.5) is 16.2 Å². The second kappa shape index (κ2) is 10.4. The summed E-state index contributed by atoms with van der Waals surface area (Å²) in [6, 6.07) is 1.35. The molecular formula is C24H35N6NaO3S. The van der Waals surface area contributed by atoms with E-state index in [1.54, 1.807) is 17.9 Å². The third kappa shape index (κ3) is 5.13. The molecule has 2 heterocycles. The summed E-state index contributed by atoms with van der Waals surface area (Å²) in [5.41, 5.74) is 7.00. The number of nitrogens with one attached hydrogen (secondary N) is 2. The van der Waals surface area contributed by atoms with E-state index in [9.17, 15) is 13.2 Å². The van der Waals surface area contributed by atoms with E-state index in [0.717, 1.165) is 63.0 Å². The van der Waals surface area contributed by atoms with Crippen molar-refractivity contribution in [2.75, 3.05) is 29.8 Å². The number of anilines is 2. The van der Waals surface area contributed by atoms with Gasteiger partial charge in [-0.15, -0.1) is 0 Å². The Balaban J connectivity index is 0.00000180. The Hall–Kier alpha value is -1.59. The summed E-state index contributed by atoms with van der Waals surface area (Å²) in [6.45, 7) is 3.44. The van der Waals surface area contributed by atoms with Crippen LogP contribution in [-0.2, 0) is 42.9 Å². The molecule has 1 aliphatic heterocycles. The van der Waals surface area contributed by atoms with Crippen LogP contribution >= 0.6 is 0 Å². The van der Waals surface area contributed by atoms with Gasteiger partial charge >= 0.3 is 45.8 Å². The number of hydrogen-bond donors (Lipinski definition) is 2. The number of fused-ring (bicyclic) bond motifs is 2. The predicted octanol–water partition coefficient (Wildman–Crippen LogP) is -0.210. The van der Waals surface area contributed by atoms with Crippen LogP contribution < -0.4 is 43.9 Å². The first-order valence-corrected chi connectivity index (χ1v) is 13.7. The van der Waals surface area contributed by atoms with Crippen molar-refractivity contribution in [3.63, 3.8) is 0 Å². The number of piperidine rings is 1. The molecular weight excluding hydrogens is 475 g/mol. The quantitative estimate of drug-likeness (QED) is 0.543. The van der Waals surface area contributed by atoms with Crippen LogP contribution in [0.3, 0.4) is 0 Å². The van der Waals surface area contributed by atoms with Crippen molar-refractivity contribution in [1.82, 2.24) is 19.4 Å². The predicted molar refractivity (Wildman–Crippen MR) is 134 cm³/mol. The fourth-order valence-electron chi connectivity index (χ4n) is 5.73. The van der Waals surface area contributed by atoms with E-state index < -0.39 is 16.2 Å². The van der Waals surface area contributed by atoms with Crippen molar-refractivity contribution in [2.45, 2.75) is 64.3 Å². The second-order valence-electron chi connectivity index (χ2n) is 9.86. The normalized spacial score (nSPS) is 18.0. The molecule has 2 amide bonds. The number of rotatable bonds is 5. The number of nitrogens with zero attached hydrogens (tertiary/aromatic N) is 4. The zero-order chi connectivity index (χ0) is 24.0. The van der Waals surface area contributed by atoms with E-state index >= 15 is 0 Å². The monoisotopic (exact) mass is 510 g/mol. The molecule has 0 unspecified atom stereocenters. The maximum atomic E-state index is 13.6. The van der Waals surface area contributed by atoms with Crippen LogP contribution in [0.25, 0.3) is 0 Å². The fraction of sp³-hybridized carbons (Fsp3) is 0.583. The topological polar surface area (TPSA) is 99.6 Å². The maximum absolute atomic E-state index is 13.6. The average Bonchev–Trinajstić information content (AvgIpc) is 3.51. The van der Waals surface area contributed by atoms with Gasteiger partial charge < -0.3 is 11.6 Å². The van der Waals surface area contributed by atoms with E-state index in [0.29, 0.717) is 18.5 Å². The van der Waals surface area contributed by atoms with E-state index in [2.05, 4.69) is 26.1 Å². The molecule has 9 nitrogen and oxygen atoms in total. The Morgan fingerprint density at radius 2 is 1.69 bits per heavy atom. The molecule has 2 N–H and O–H groups in total. The molecule has 186 valence electrons. The standard InChI is InChI=1S/C24H34N6O3S.Na.H/c1-16-22(15-25-29(16)3)30(19-10-12-28(2)13-11-19)34(32,33)27-24(31)26-23-20-8-4-6-17(20)14-18-7-5-9-21(18)23;;/h14-15,19H,4-13H2,1-3H3,(H2,26,27,31);;/q;+1;-1. The van der Waals surface area contributed by atoms with Crippen LogP contribution in [0.2, 0.25) is 0 Å². The Bertz CT molecular complexity index is 1190. The molecule has 1 aromatic carbocycles. The largest absolute Gasteiger partial charge is 1.00 e. The van der Waals surface area contributed by atoms with Crippen molar-refractivity contribution in [3.8, 4) is 0 Å². The minimum absolute atomic E-state index is 0. The summed E-state index contributed by atoms with van der Waals surface area (Å²) in [7, 11) is -0.328. The maximum Gasteiger partial charge on any atom is 1.00 e. The first-order valence-electron chi connectivity index (χ1n) is 12.2. The number of likely N-dealkylation sites (tertiary alicyclic amines) is 1. The number of amides is 2. The molecule has 5 rings (SSSR count). The number of aryl methyl sites for hydroxylation is 3. The molecule has 1 fully saturated rings. The van der Waals surface area contributed by atoms with E-state index in [-0.39, 0.29) is 37.0 Å². The summed E-state index contributed by atoms with van der Waals surface area (Å²) in [5, 5.41) is 7.21. The SMILES string of the molecule is Cc1c(N(C2CCN(C)CC2)S(=O)(=O)NC(=O)Nc2c3c(cc4c2CCC4)CCC3)cnn1C.[H-].[Na+]. The Morgan fingerprint density at radius 1 is 1.09 bits per heavy atom. The number of carbonyl (C=O) groups is 1. The first kappa shape index (κ1) is 26.5. The van der Waals surface area contributed by atoms with E-state index in [1.807, 2.05) is 14.0 Å². The number of aromatic nitrogens is 2. The number of urea groups is 1. The van der Waals surface area contributed by atoms with Gasteiger partial charge in [0, 0.05) is 18.8 Å². The van der Waals surface area contributed by atoms with Gasteiger partial charge in [-0.3, -0.25) is 4.68 Å².